The van der Waals surface area contributed by atoms with E-state index in [1.165, 1.54) is 0 Å². The standard InChI is InChI=1S/C7H10O3.Pb/c1-5(2)7(8)10-4-6-3-9-6;/h6H,1,3-4H2,2H3;. The van der Waals surface area contributed by atoms with E-state index in [0.717, 1.165) is 0 Å². The van der Waals surface area contributed by atoms with Crippen molar-refractivity contribution in [3.05, 3.63) is 12.2 Å². The van der Waals surface area contributed by atoms with E-state index in [4.69, 9.17) is 9.47 Å². The molecule has 1 aliphatic rings. The third-order valence-electron chi connectivity index (χ3n) is 1.15. The van der Waals surface area contributed by atoms with Crippen LogP contribution < -0.4 is 0 Å². The Hall–Kier alpha value is 0.0921. The van der Waals surface area contributed by atoms with Crippen molar-refractivity contribution in [2.45, 2.75) is 13.0 Å². The van der Waals surface area contributed by atoms with Gasteiger partial charge in [-0.1, -0.05) is 6.58 Å². The number of hydrogen-bond acceptors (Lipinski definition) is 3. The molecule has 0 aliphatic carbocycles. The Bertz CT molecular complexity index is 163. The van der Waals surface area contributed by atoms with Gasteiger partial charge in [0.1, 0.15) is 12.7 Å². The summed E-state index contributed by atoms with van der Waals surface area (Å²) in [4.78, 5) is 10.7. The van der Waals surface area contributed by atoms with Gasteiger partial charge in [0.2, 0.25) is 0 Å². The molecule has 1 aliphatic heterocycles. The first-order valence-corrected chi connectivity index (χ1v) is 3.14. The summed E-state index contributed by atoms with van der Waals surface area (Å²) in [5.41, 5.74) is 0.431. The summed E-state index contributed by atoms with van der Waals surface area (Å²) in [6.45, 7) is 6.14. The molecule has 1 fully saturated rings. The summed E-state index contributed by atoms with van der Waals surface area (Å²) in [6.07, 6.45) is 0.142. The first kappa shape index (κ1) is 11.1. The largest absolute Gasteiger partial charge is 0.459 e. The molecule has 1 heterocycles. The maximum absolute atomic E-state index is 10.7. The van der Waals surface area contributed by atoms with E-state index in [0.29, 0.717) is 18.8 Å². The predicted molar refractivity (Wildman–Crippen MR) is 41.3 cm³/mol. The molecule has 0 N–H and O–H groups in total. The Morgan fingerprint density at radius 2 is 2.36 bits per heavy atom. The predicted octanol–water partition coefficient (Wildman–Crippen LogP) is 0.124. The van der Waals surface area contributed by atoms with Crippen LogP contribution in [0.5, 0.6) is 0 Å². The Morgan fingerprint density at radius 1 is 1.82 bits per heavy atom. The molecule has 1 atom stereocenters. The second-order valence-corrected chi connectivity index (χ2v) is 2.33. The van der Waals surface area contributed by atoms with Crippen LogP contribution in [-0.4, -0.2) is 52.6 Å². The molecular formula is C7H10O3Pb. The van der Waals surface area contributed by atoms with Gasteiger partial charge in [-0.25, -0.2) is 4.79 Å². The molecule has 0 aromatic heterocycles. The molecule has 4 heteroatoms. The average Bonchev–Trinajstić information content (AvgIpc) is 2.64. The van der Waals surface area contributed by atoms with Gasteiger partial charge in [-0.15, -0.1) is 0 Å². The minimum atomic E-state index is -0.337. The van der Waals surface area contributed by atoms with Crippen LogP contribution in [0.2, 0.25) is 0 Å². The average molecular weight is 349 g/mol. The molecule has 1 unspecified atom stereocenters. The van der Waals surface area contributed by atoms with Gasteiger partial charge in [-0.3, -0.25) is 0 Å². The Kier molecular flexibility index (Phi) is 4.91. The Balaban J connectivity index is 0.000001000. The van der Waals surface area contributed by atoms with E-state index >= 15 is 0 Å². The number of epoxide rings is 1. The summed E-state index contributed by atoms with van der Waals surface area (Å²) < 4.78 is 9.60. The van der Waals surface area contributed by atoms with E-state index in [1.54, 1.807) is 6.92 Å². The number of carbonyl (C=O) groups excluding carboxylic acids is 1. The second-order valence-electron chi connectivity index (χ2n) is 2.33. The normalized spacial score (nSPS) is 19.9. The molecule has 0 amide bonds. The number of hydrogen-bond donors (Lipinski definition) is 0. The van der Waals surface area contributed by atoms with Gasteiger partial charge < -0.3 is 9.47 Å². The first-order chi connectivity index (χ1) is 4.70. The summed E-state index contributed by atoms with van der Waals surface area (Å²) in [6, 6.07) is 0. The van der Waals surface area contributed by atoms with E-state index in [-0.39, 0.29) is 39.4 Å². The van der Waals surface area contributed by atoms with Gasteiger partial charge in [-0.05, 0) is 6.92 Å². The molecule has 1 rings (SSSR count). The zero-order chi connectivity index (χ0) is 7.56. The van der Waals surface area contributed by atoms with Gasteiger partial charge in [0.25, 0.3) is 0 Å². The molecule has 0 aromatic rings. The van der Waals surface area contributed by atoms with Crippen molar-refractivity contribution in [2.24, 2.45) is 0 Å². The molecule has 0 aromatic carbocycles. The van der Waals surface area contributed by atoms with Gasteiger partial charge in [0.05, 0.1) is 6.61 Å². The topological polar surface area (TPSA) is 38.8 Å². The van der Waals surface area contributed by atoms with Crippen molar-refractivity contribution in [3.8, 4) is 0 Å². The molecular weight excluding hydrogens is 339 g/mol. The van der Waals surface area contributed by atoms with Gasteiger partial charge >= 0.3 is 5.97 Å². The van der Waals surface area contributed by atoms with E-state index in [1.807, 2.05) is 0 Å². The first-order valence-electron chi connectivity index (χ1n) is 3.14. The van der Waals surface area contributed by atoms with Crippen molar-refractivity contribution in [3.63, 3.8) is 0 Å². The molecule has 60 valence electrons. The molecule has 11 heavy (non-hydrogen) atoms. The maximum atomic E-state index is 10.7. The van der Waals surface area contributed by atoms with E-state index in [9.17, 15) is 4.79 Å². The third kappa shape index (κ3) is 4.52. The minimum Gasteiger partial charge on any atom is -0.459 e. The summed E-state index contributed by atoms with van der Waals surface area (Å²) >= 11 is 0. The van der Waals surface area contributed by atoms with Crippen molar-refractivity contribution in [1.82, 2.24) is 0 Å². The monoisotopic (exact) mass is 350 g/mol. The zero-order valence-corrected chi connectivity index (χ0v) is 10.3. The third-order valence-corrected chi connectivity index (χ3v) is 1.15. The van der Waals surface area contributed by atoms with Crippen LogP contribution in [0.25, 0.3) is 0 Å². The van der Waals surface area contributed by atoms with Gasteiger partial charge in [0, 0.05) is 32.9 Å². The fourth-order valence-electron chi connectivity index (χ4n) is 0.456. The van der Waals surface area contributed by atoms with Crippen LogP contribution in [0, 0.1) is 0 Å². The minimum absolute atomic E-state index is 0. The molecule has 0 saturated carbocycles. The number of ether oxygens (including phenoxy) is 2. The smallest absolute Gasteiger partial charge is 0.333 e. The fraction of sp³-hybridized carbons (Fsp3) is 0.571. The van der Waals surface area contributed by atoms with Crippen molar-refractivity contribution in [2.75, 3.05) is 13.2 Å². The molecule has 0 spiro atoms. The fourth-order valence-corrected chi connectivity index (χ4v) is 0.456. The number of carbonyl (C=O) groups is 1. The Labute approximate surface area is 85.9 Å². The van der Waals surface area contributed by atoms with Crippen LogP contribution in [0.15, 0.2) is 12.2 Å². The quantitative estimate of drug-likeness (QED) is 0.315. The van der Waals surface area contributed by atoms with Gasteiger partial charge in [0.15, 0.2) is 0 Å². The molecule has 4 radical (unpaired) electrons. The van der Waals surface area contributed by atoms with Gasteiger partial charge in [-0.2, -0.15) is 0 Å². The van der Waals surface area contributed by atoms with Crippen molar-refractivity contribution >= 4 is 33.3 Å². The summed E-state index contributed by atoms with van der Waals surface area (Å²) in [7, 11) is 0. The van der Waals surface area contributed by atoms with Crippen LogP contribution in [-0.2, 0) is 14.3 Å². The molecule has 1 saturated heterocycles. The summed E-state index contributed by atoms with van der Waals surface area (Å²) in [5, 5.41) is 0. The molecule has 3 nitrogen and oxygen atoms in total. The van der Waals surface area contributed by atoms with Crippen molar-refractivity contribution < 1.29 is 14.3 Å². The van der Waals surface area contributed by atoms with Crippen molar-refractivity contribution in [1.29, 1.82) is 0 Å². The SMILES string of the molecule is C=C(C)C(=O)OCC1CO1.[Pb]. The van der Waals surface area contributed by atoms with Crippen LogP contribution in [0.1, 0.15) is 6.92 Å². The second kappa shape index (κ2) is 4.87. The van der Waals surface area contributed by atoms with Crippen LogP contribution >= 0.6 is 0 Å². The molecule has 0 bridgehead atoms. The Morgan fingerprint density at radius 3 is 2.73 bits per heavy atom. The maximum Gasteiger partial charge on any atom is 0.333 e. The van der Waals surface area contributed by atoms with E-state index < -0.39 is 0 Å². The van der Waals surface area contributed by atoms with E-state index in [2.05, 4.69) is 6.58 Å². The zero-order valence-electron chi connectivity index (χ0n) is 6.42. The number of esters is 1. The number of rotatable bonds is 3. The summed E-state index contributed by atoms with van der Waals surface area (Å²) in [5.74, 6) is -0.337. The van der Waals surface area contributed by atoms with Crippen LogP contribution in [0.4, 0.5) is 0 Å². The van der Waals surface area contributed by atoms with Crippen LogP contribution in [0.3, 0.4) is 0 Å².